The average Bonchev–Trinajstić information content (AvgIpc) is 2.48. The molecule has 0 bridgehead atoms. The molecule has 0 aliphatic rings. The third-order valence-corrected chi connectivity index (χ3v) is 4.39. The lowest BCUT2D eigenvalue weighted by atomic mass is 10.2. The number of aromatic nitrogens is 2. The van der Waals surface area contributed by atoms with E-state index in [9.17, 15) is 4.79 Å². The normalized spacial score (nSPS) is 11.0. The summed E-state index contributed by atoms with van der Waals surface area (Å²) in [4.78, 5) is 17.9. The van der Waals surface area contributed by atoms with Crippen LogP contribution in [0.4, 0.5) is 0 Å². The minimum Gasteiger partial charge on any atom is -0.269 e. The van der Waals surface area contributed by atoms with Gasteiger partial charge in [-0.2, -0.15) is 0 Å². The molecular weight excluding hydrogens is 280 g/mol. The summed E-state index contributed by atoms with van der Waals surface area (Å²) in [7, 11) is 0. The van der Waals surface area contributed by atoms with Crippen molar-refractivity contribution in [2.75, 3.05) is 0 Å². The highest BCUT2D eigenvalue weighted by Crippen LogP contribution is 2.22. The zero-order valence-corrected chi connectivity index (χ0v) is 12.9. The quantitative estimate of drug-likeness (QED) is 0.693. The molecule has 2 aromatic heterocycles. The van der Waals surface area contributed by atoms with Crippen molar-refractivity contribution in [3.05, 3.63) is 75.8 Å². The standard InChI is InChI=1S/C17H16N2OS/c1-12-5-7-15(8-6-12)21-11-14-10-16(20)19-9-3-4-13(2)17(19)18-14/h3-10H,11H2,1-2H3. The van der Waals surface area contributed by atoms with Gasteiger partial charge in [0.05, 0.1) is 5.69 Å². The van der Waals surface area contributed by atoms with Crippen molar-refractivity contribution in [3.8, 4) is 0 Å². The molecule has 0 spiro atoms. The molecule has 0 saturated carbocycles. The van der Waals surface area contributed by atoms with Crippen LogP contribution in [0.3, 0.4) is 0 Å². The number of pyridine rings is 1. The molecule has 0 aliphatic heterocycles. The molecule has 3 aromatic rings. The van der Waals surface area contributed by atoms with Gasteiger partial charge in [-0.3, -0.25) is 9.20 Å². The maximum absolute atomic E-state index is 12.1. The van der Waals surface area contributed by atoms with E-state index in [-0.39, 0.29) is 5.56 Å². The van der Waals surface area contributed by atoms with Crippen LogP contribution in [0, 0.1) is 13.8 Å². The molecule has 0 radical (unpaired) electrons. The molecule has 2 heterocycles. The lowest BCUT2D eigenvalue weighted by Crippen LogP contribution is -2.15. The maximum atomic E-state index is 12.1. The monoisotopic (exact) mass is 296 g/mol. The van der Waals surface area contributed by atoms with Crippen molar-refractivity contribution in [1.29, 1.82) is 0 Å². The van der Waals surface area contributed by atoms with Crippen LogP contribution in [0.2, 0.25) is 0 Å². The molecule has 0 aliphatic carbocycles. The Bertz CT molecular complexity index is 838. The first-order valence-corrected chi connectivity index (χ1v) is 7.79. The summed E-state index contributed by atoms with van der Waals surface area (Å²) in [6, 6.07) is 13.8. The minimum atomic E-state index is -0.0248. The molecule has 3 rings (SSSR count). The summed E-state index contributed by atoms with van der Waals surface area (Å²) in [6.45, 7) is 4.04. The zero-order valence-electron chi connectivity index (χ0n) is 12.0. The number of nitrogens with zero attached hydrogens (tertiary/aromatic N) is 2. The third-order valence-electron chi connectivity index (χ3n) is 3.35. The van der Waals surface area contributed by atoms with Gasteiger partial charge in [-0.05, 0) is 37.6 Å². The Labute approximate surface area is 127 Å². The first-order chi connectivity index (χ1) is 10.1. The fraction of sp³-hybridized carbons (Fsp3) is 0.176. The average molecular weight is 296 g/mol. The van der Waals surface area contributed by atoms with E-state index in [1.807, 2.05) is 19.1 Å². The Hall–Kier alpha value is -2.07. The van der Waals surface area contributed by atoms with Crippen LogP contribution in [-0.2, 0) is 5.75 Å². The van der Waals surface area contributed by atoms with Crippen molar-refractivity contribution in [2.24, 2.45) is 0 Å². The highest BCUT2D eigenvalue weighted by Gasteiger charge is 2.05. The van der Waals surface area contributed by atoms with E-state index in [0.717, 1.165) is 16.9 Å². The SMILES string of the molecule is Cc1ccc(SCc2cc(=O)n3cccc(C)c3n2)cc1. The molecule has 0 saturated heterocycles. The second kappa shape index (κ2) is 5.74. The predicted molar refractivity (Wildman–Crippen MR) is 86.9 cm³/mol. The lowest BCUT2D eigenvalue weighted by Gasteiger charge is -2.06. The number of thioether (sulfide) groups is 1. The fourth-order valence-electron chi connectivity index (χ4n) is 2.17. The van der Waals surface area contributed by atoms with E-state index >= 15 is 0 Å². The zero-order chi connectivity index (χ0) is 14.8. The molecule has 0 amide bonds. The molecule has 0 unspecified atom stereocenters. The number of aryl methyl sites for hydroxylation is 2. The summed E-state index contributed by atoms with van der Waals surface area (Å²) >= 11 is 1.69. The summed E-state index contributed by atoms with van der Waals surface area (Å²) in [5.41, 5.74) is 3.79. The molecule has 106 valence electrons. The lowest BCUT2D eigenvalue weighted by molar-refractivity contribution is 1.00. The number of hydrogen-bond donors (Lipinski definition) is 0. The second-order valence-corrected chi connectivity index (χ2v) is 6.12. The first-order valence-electron chi connectivity index (χ1n) is 6.81. The van der Waals surface area contributed by atoms with Crippen LogP contribution in [0.15, 0.2) is 58.4 Å². The topological polar surface area (TPSA) is 34.4 Å². The van der Waals surface area contributed by atoms with Gasteiger partial charge < -0.3 is 0 Å². The maximum Gasteiger partial charge on any atom is 0.258 e. The van der Waals surface area contributed by atoms with E-state index in [1.165, 1.54) is 10.5 Å². The van der Waals surface area contributed by atoms with Gasteiger partial charge in [0.1, 0.15) is 5.65 Å². The van der Waals surface area contributed by atoms with Crippen LogP contribution in [0.25, 0.3) is 5.65 Å². The van der Waals surface area contributed by atoms with E-state index in [4.69, 9.17) is 0 Å². The first kappa shape index (κ1) is 13.9. The van der Waals surface area contributed by atoms with E-state index in [1.54, 1.807) is 28.4 Å². The summed E-state index contributed by atoms with van der Waals surface area (Å²) < 4.78 is 1.59. The van der Waals surface area contributed by atoms with Gasteiger partial charge in [0.25, 0.3) is 5.56 Å². The van der Waals surface area contributed by atoms with Gasteiger partial charge in [0.2, 0.25) is 0 Å². The van der Waals surface area contributed by atoms with Gasteiger partial charge >= 0.3 is 0 Å². The smallest absolute Gasteiger partial charge is 0.258 e. The number of rotatable bonds is 3. The molecule has 0 fully saturated rings. The molecular formula is C17H16N2OS. The Morgan fingerprint density at radius 1 is 1.14 bits per heavy atom. The van der Waals surface area contributed by atoms with Crippen LogP contribution in [-0.4, -0.2) is 9.38 Å². The molecule has 4 heteroatoms. The van der Waals surface area contributed by atoms with Gasteiger partial charge in [0, 0.05) is 22.9 Å². The Balaban J connectivity index is 1.89. The van der Waals surface area contributed by atoms with E-state index in [0.29, 0.717) is 5.75 Å². The van der Waals surface area contributed by atoms with Gasteiger partial charge in [-0.15, -0.1) is 11.8 Å². The summed E-state index contributed by atoms with van der Waals surface area (Å²) in [5.74, 6) is 0.698. The van der Waals surface area contributed by atoms with Crippen molar-refractivity contribution in [3.63, 3.8) is 0 Å². The van der Waals surface area contributed by atoms with Crippen molar-refractivity contribution in [1.82, 2.24) is 9.38 Å². The van der Waals surface area contributed by atoms with Gasteiger partial charge in [0.15, 0.2) is 0 Å². The van der Waals surface area contributed by atoms with Crippen molar-refractivity contribution >= 4 is 17.4 Å². The van der Waals surface area contributed by atoms with Crippen LogP contribution >= 0.6 is 11.8 Å². The Kier molecular flexibility index (Phi) is 3.80. The number of fused-ring (bicyclic) bond motifs is 1. The molecule has 0 atom stereocenters. The van der Waals surface area contributed by atoms with E-state index < -0.39 is 0 Å². The van der Waals surface area contributed by atoms with Gasteiger partial charge in [-0.1, -0.05) is 23.8 Å². The number of benzene rings is 1. The fourth-order valence-corrected chi connectivity index (χ4v) is 2.97. The summed E-state index contributed by atoms with van der Waals surface area (Å²) in [6.07, 6.45) is 1.76. The van der Waals surface area contributed by atoms with Crippen LogP contribution < -0.4 is 5.56 Å². The predicted octanol–water partition coefficient (Wildman–Crippen LogP) is 3.60. The molecule has 0 N–H and O–H groups in total. The molecule has 3 nitrogen and oxygen atoms in total. The number of hydrogen-bond acceptors (Lipinski definition) is 3. The Morgan fingerprint density at radius 2 is 1.90 bits per heavy atom. The molecule has 1 aromatic carbocycles. The highest BCUT2D eigenvalue weighted by atomic mass is 32.2. The highest BCUT2D eigenvalue weighted by molar-refractivity contribution is 7.98. The summed E-state index contributed by atoms with van der Waals surface area (Å²) in [5, 5.41) is 0. The largest absolute Gasteiger partial charge is 0.269 e. The Morgan fingerprint density at radius 3 is 2.67 bits per heavy atom. The van der Waals surface area contributed by atoms with Crippen LogP contribution in [0.5, 0.6) is 0 Å². The minimum absolute atomic E-state index is 0.0248. The van der Waals surface area contributed by atoms with Crippen LogP contribution in [0.1, 0.15) is 16.8 Å². The van der Waals surface area contributed by atoms with E-state index in [2.05, 4.69) is 36.2 Å². The van der Waals surface area contributed by atoms with Crippen molar-refractivity contribution < 1.29 is 0 Å². The van der Waals surface area contributed by atoms with Crippen molar-refractivity contribution in [2.45, 2.75) is 24.5 Å². The van der Waals surface area contributed by atoms with Gasteiger partial charge in [-0.25, -0.2) is 4.98 Å². The third kappa shape index (κ3) is 3.00. The molecule has 21 heavy (non-hydrogen) atoms. The second-order valence-electron chi connectivity index (χ2n) is 5.07.